The lowest BCUT2D eigenvalue weighted by atomic mass is 9.33. The zero-order chi connectivity index (χ0) is 47.3. The molecule has 0 radical (unpaired) electrons. The van der Waals surface area contributed by atoms with E-state index in [0.717, 1.165) is 22.6 Å². The molecule has 0 N–H and O–H groups in total. The zero-order valence-corrected chi connectivity index (χ0v) is 39.3. The summed E-state index contributed by atoms with van der Waals surface area (Å²) in [6.45, 7) is -0.0567. The summed E-state index contributed by atoms with van der Waals surface area (Å²) in [5, 5.41) is 7.36. The van der Waals surface area contributed by atoms with Crippen LogP contribution in [0.15, 0.2) is 267 Å². The Bertz CT molecular complexity index is 4060. The largest absolute Gasteiger partial charge is 0.311 e. The molecule has 0 amide bonds. The molecule has 0 unspecified atom stereocenters. The summed E-state index contributed by atoms with van der Waals surface area (Å²) < 4.78 is 2.43. The van der Waals surface area contributed by atoms with E-state index in [9.17, 15) is 0 Å². The first-order valence-electron chi connectivity index (χ1n) is 25.0. The van der Waals surface area contributed by atoms with Crippen molar-refractivity contribution in [2.24, 2.45) is 0 Å². The third-order valence-corrected chi connectivity index (χ3v) is 15.3. The summed E-state index contributed by atoms with van der Waals surface area (Å²) in [4.78, 5) is 5.17. The molecular formula is C68H44BN3. The molecule has 0 bridgehead atoms. The van der Waals surface area contributed by atoms with Crippen LogP contribution in [0.3, 0.4) is 0 Å². The predicted molar refractivity (Wildman–Crippen MR) is 306 cm³/mol. The molecule has 0 spiro atoms. The highest BCUT2D eigenvalue weighted by Gasteiger charge is 2.45. The van der Waals surface area contributed by atoms with Crippen LogP contribution >= 0.6 is 0 Å². The number of benzene rings is 12. The number of hydrogen-bond acceptors (Lipinski definition) is 2. The molecule has 4 heteroatoms. The van der Waals surface area contributed by atoms with E-state index in [0.29, 0.717) is 0 Å². The molecule has 0 saturated carbocycles. The molecule has 13 aromatic rings. The summed E-state index contributed by atoms with van der Waals surface area (Å²) in [6, 6.07) is 98.9. The van der Waals surface area contributed by atoms with Gasteiger partial charge >= 0.3 is 0 Å². The van der Waals surface area contributed by atoms with E-state index >= 15 is 0 Å². The Kier molecular flexibility index (Phi) is 9.06. The molecule has 2 aliphatic heterocycles. The number of hydrogen-bond donors (Lipinski definition) is 0. The fraction of sp³-hybridized carbons (Fsp3) is 0. The number of anilines is 6. The van der Waals surface area contributed by atoms with Crippen LogP contribution < -0.4 is 26.2 Å². The van der Waals surface area contributed by atoms with Gasteiger partial charge in [0.2, 0.25) is 0 Å². The fourth-order valence-electron chi connectivity index (χ4n) is 12.2. The molecule has 2 aliphatic rings. The fourth-order valence-corrected chi connectivity index (χ4v) is 12.2. The first-order chi connectivity index (χ1) is 35.7. The molecule has 334 valence electrons. The van der Waals surface area contributed by atoms with Crippen molar-refractivity contribution < 1.29 is 0 Å². The number of aromatic nitrogens is 1. The van der Waals surface area contributed by atoms with Gasteiger partial charge in [0.15, 0.2) is 0 Å². The standard InChI is InChI=1S/C68H44BN3/c1-4-17-45(18-5-1)47-31-37-53(38-32-47)71-63-43-51(55-28-16-30-62-65(55)58-27-14-15-29-61(58)70(62)52-23-8-3-9-24-52)44-64-66(63)69(59-41-35-49-21-10-12-25-56(49)67(59)71)60-42-36-50-22-11-13-26-57(50)68(60)72(64)54-39-33-48(34-40-54)46-19-6-2-7-20-46/h1-44H. The number of rotatable bonds is 6. The Hall–Kier alpha value is -9.38. The minimum Gasteiger partial charge on any atom is -0.311 e. The molecular weight excluding hydrogens is 870 g/mol. The Morgan fingerprint density at radius 3 is 1.28 bits per heavy atom. The van der Waals surface area contributed by atoms with Crippen molar-refractivity contribution >= 4 is 101 Å². The molecule has 0 atom stereocenters. The number of nitrogens with zero attached hydrogens (tertiary/aromatic N) is 3. The summed E-state index contributed by atoms with van der Waals surface area (Å²) in [7, 11) is 0. The van der Waals surface area contributed by atoms with Crippen LogP contribution in [-0.4, -0.2) is 11.3 Å². The highest BCUT2D eigenvalue weighted by atomic mass is 15.2. The van der Waals surface area contributed by atoms with Crippen LogP contribution in [0, 0.1) is 0 Å². The Balaban J connectivity index is 1.07. The van der Waals surface area contributed by atoms with Gasteiger partial charge in [-0.1, -0.05) is 206 Å². The topological polar surface area (TPSA) is 11.4 Å². The highest BCUT2D eigenvalue weighted by molar-refractivity contribution is 7.00. The van der Waals surface area contributed by atoms with E-state index in [1.54, 1.807) is 0 Å². The second kappa shape index (κ2) is 16.1. The molecule has 72 heavy (non-hydrogen) atoms. The first kappa shape index (κ1) is 40.5. The molecule has 0 fully saturated rings. The lowest BCUT2D eigenvalue weighted by Gasteiger charge is -2.45. The van der Waals surface area contributed by atoms with E-state index in [1.807, 2.05) is 0 Å². The Labute approximate surface area is 418 Å². The maximum atomic E-state index is 2.58. The second-order valence-corrected chi connectivity index (χ2v) is 19.2. The van der Waals surface area contributed by atoms with E-state index < -0.39 is 0 Å². The van der Waals surface area contributed by atoms with Gasteiger partial charge in [-0.3, -0.25) is 0 Å². The van der Waals surface area contributed by atoms with Crippen molar-refractivity contribution in [3.63, 3.8) is 0 Å². The summed E-state index contributed by atoms with van der Waals surface area (Å²) in [6.07, 6.45) is 0. The van der Waals surface area contributed by atoms with Crippen molar-refractivity contribution in [2.75, 3.05) is 9.80 Å². The van der Waals surface area contributed by atoms with Crippen LogP contribution in [0.5, 0.6) is 0 Å². The highest BCUT2D eigenvalue weighted by Crippen LogP contribution is 2.50. The molecule has 12 aromatic carbocycles. The van der Waals surface area contributed by atoms with Gasteiger partial charge in [-0.05, 0) is 121 Å². The molecule has 0 aliphatic carbocycles. The van der Waals surface area contributed by atoms with Gasteiger partial charge in [-0.2, -0.15) is 0 Å². The lowest BCUT2D eigenvalue weighted by molar-refractivity contribution is 1.18. The van der Waals surface area contributed by atoms with Crippen LogP contribution in [0.2, 0.25) is 0 Å². The monoisotopic (exact) mass is 913 g/mol. The van der Waals surface area contributed by atoms with Gasteiger partial charge in [0, 0.05) is 61.4 Å². The van der Waals surface area contributed by atoms with Crippen molar-refractivity contribution in [1.29, 1.82) is 0 Å². The maximum Gasteiger partial charge on any atom is 0.252 e. The molecule has 15 rings (SSSR count). The van der Waals surface area contributed by atoms with Crippen LogP contribution in [-0.2, 0) is 0 Å². The molecule has 1 aromatic heterocycles. The zero-order valence-electron chi connectivity index (χ0n) is 39.3. The van der Waals surface area contributed by atoms with Gasteiger partial charge < -0.3 is 14.4 Å². The summed E-state index contributed by atoms with van der Waals surface area (Å²) in [5.41, 5.74) is 21.6. The van der Waals surface area contributed by atoms with Crippen LogP contribution in [0.4, 0.5) is 34.1 Å². The average molecular weight is 914 g/mol. The van der Waals surface area contributed by atoms with E-state index in [2.05, 4.69) is 281 Å². The number of fused-ring (bicyclic) bond motifs is 11. The van der Waals surface area contributed by atoms with Crippen molar-refractivity contribution in [1.82, 2.24) is 4.57 Å². The summed E-state index contributed by atoms with van der Waals surface area (Å²) in [5.74, 6) is 0. The third kappa shape index (κ3) is 6.12. The van der Waals surface area contributed by atoms with E-state index in [-0.39, 0.29) is 6.71 Å². The second-order valence-electron chi connectivity index (χ2n) is 19.2. The van der Waals surface area contributed by atoms with E-state index in [4.69, 9.17) is 0 Å². The first-order valence-corrected chi connectivity index (χ1v) is 25.0. The Morgan fingerprint density at radius 2 is 0.736 bits per heavy atom. The van der Waals surface area contributed by atoms with Gasteiger partial charge in [-0.25, -0.2) is 0 Å². The number of para-hydroxylation sites is 2. The van der Waals surface area contributed by atoms with Crippen molar-refractivity contribution in [3.8, 4) is 39.1 Å². The minimum atomic E-state index is -0.0567. The third-order valence-electron chi connectivity index (χ3n) is 15.3. The average Bonchev–Trinajstić information content (AvgIpc) is 3.80. The van der Waals surface area contributed by atoms with Crippen LogP contribution in [0.1, 0.15) is 0 Å². The maximum absolute atomic E-state index is 2.58. The summed E-state index contributed by atoms with van der Waals surface area (Å²) >= 11 is 0. The van der Waals surface area contributed by atoms with Crippen molar-refractivity contribution in [2.45, 2.75) is 0 Å². The lowest BCUT2D eigenvalue weighted by Crippen LogP contribution is -2.61. The van der Waals surface area contributed by atoms with Gasteiger partial charge in [0.25, 0.3) is 6.71 Å². The smallest absolute Gasteiger partial charge is 0.252 e. The van der Waals surface area contributed by atoms with Crippen LogP contribution in [0.25, 0.3) is 82.4 Å². The minimum absolute atomic E-state index is 0.0567. The Morgan fingerprint density at radius 1 is 0.292 bits per heavy atom. The quantitative estimate of drug-likeness (QED) is 0.154. The van der Waals surface area contributed by atoms with Crippen molar-refractivity contribution in [3.05, 3.63) is 267 Å². The molecule has 3 heterocycles. The normalized spacial score (nSPS) is 12.6. The van der Waals surface area contributed by atoms with Gasteiger partial charge in [0.05, 0.1) is 11.0 Å². The van der Waals surface area contributed by atoms with Gasteiger partial charge in [0.1, 0.15) is 0 Å². The SMILES string of the molecule is c1ccc(-c2ccc(N3c4cc(-c5cccc6c5c5ccccc5n6-c5ccccc5)cc5c4B(c4ccc6ccccc6c43)c3ccc4ccccc4c3N5c3ccc(-c4ccccc4)cc3)cc2)cc1. The predicted octanol–water partition coefficient (Wildman–Crippen LogP) is 16.2. The van der Waals surface area contributed by atoms with Gasteiger partial charge in [-0.15, -0.1) is 0 Å². The van der Waals surface area contributed by atoms with E-state index in [1.165, 1.54) is 110 Å². The molecule has 3 nitrogen and oxygen atoms in total. The molecule has 0 saturated heterocycles.